The van der Waals surface area contributed by atoms with Crippen molar-refractivity contribution < 1.29 is 9.52 Å². The SMILES string of the molecule is CCc1cccc2c(O)cc(=O)oc12. The van der Waals surface area contributed by atoms with Crippen molar-refractivity contribution in [2.75, 3.05) is 0 Å². The summed E-state index contributed by atoms with van der Waals surface area (Å²) in [5.74, 6) is -0.0217. The molecule has 0 fully saturated rings. The van der Waals surface area contributed by atoms with Crippen molar-refractivity contribution in [1.29, 1.82) is 0 Å². The Morgan fingerprint density at radius 3 is 2.93 bits per heavy atom. The maximum Gasteiger partial charge on any atom is 0.339 e. The Hall–Kier alpha value is -1.77. The van der Waals surface area contributed by atoms with Crippen LogP contribution >= 0.6 is 0 Å². The van der Waals surface area contributed by atoms with Crippen LogP contribution in [0.15, 0.2) is 33.5 Å². The minimum atomic E-state index is -0.518. The van der Waals surface area contributed by atoms with E-state index in [2.05, 4.69) is 0 Å². The molecule has 0 unspecified atom stereocenters. The summed E-state index contributed by atoms with van der Waals surface area (Å²) in [6.45, 7) is 1.97. The first-order valence-corrected chi connectivity index (χ1v) is 4.47. The van der Waals surface area contributed by atoms with Gasteiger partial charge < -0.3 is 9.52 Å². The Morgan fingerprint density at radius 2 is 2.21 bits per heavy atom. The molecule has 0 bridgehead atoms. The van der Waals surface area contributed by atoms with E-state index in [-0.39, 0.29) is 5.75 Å². The summed E-state index contributed by atoms with van der Waals surface area (Å²) in [6.07, 6.45) is 0.768. The molecule has 0 radical (unpaired) electrons. The largest absolute Gasteiger partial charge is 0.507 e. The van der Waals surface area contributed by atoms with E-state index < -0.39 is 5.63 Å². The number of aromatic hydroxyl groups is 1. The molecule has 0 aliphatic carbocycles. The molecule has 0 amide bonds. The monoisotopic (exact) mass is 190 g/mol. The molecule has 0 spiro atoms. The second kappa shape index (κ2) is 3.18. The first-order valence-electron chi connectivity index (χ1n) is 4.47. The van der Waals surface area contributed by atoms with Crippen LogP contribution in [0.1, 0.15) is 12.5 Å². The summed E-state index contributed by atoms with van der Waals surface area (Å²) < 4.78 is 5.05. The summed E-state index contributed by atoms with van der Waals surface area (Å²) in [6, 6.07) is 6.53. The van der Waals surface area contributed by atoms with Gasteiger partial charge in [0.15, 0.2) is 0 Å². The Kier molecular flexibility index (Phi) is 2.00. The molecule has 3 heteroatoms. The van der Waals surface area contributed by atoms with Crippen LogP contribution in [0.2, 0.25) is 0 Å². The Balaban J connectivity index is 2.93. The van der Waals surface area contributed by atoms with Crippen LogP contribution in [0.25, 0.3) is 11.0 Å². The average Bonchev–Trinajstić information content (AvgIpc) is 2.17. The normalized spacial score (nSPS) is 10.6. The molecule has 2 aromatic rings. The zero-order chi connectivity index (χ0) is 10.1. The maximum atomic E-state index is 11.0. The molecule has 0 atom stereocenters. The molecule has 14 heavy (non-hydrogen) atoms. The van der Waals surface area contributed by atoms with Gasteiger partial charge in [0, 0.05) is 0 Å². The van der Waals surface area contributed by atoms with E-state index in [1.165, 1.54) is 0 Å². The molecule has 0 aliphatic rings. The van der Waals surface area contributed by atoms with E-state index in [1.54, 1.807) is 6.07 Å². The van der Waals surface area contributed by atoms with E-state index >= 15 is 0 Å². The van der Waals surface area contributed by atoms with E-state index in [4.69, 9.17) is 4.42 Å². The lowest BCUT2D eigenvalue weighted by atomic mass is 10.1. The molecule has 1 N–H and O–H groups in total. The molecular weight excluding hydrogens is 180 g/mol. The highest BCUT2D eigenvalue weighted by atomic mass is 16.4. The fraction of sp³-hybridized carbons (Fsp3) is 0.182. The fourth-order valence-corrected chi connectivity index (χ4v) is 1.50. The third-order valence-corrected chi connectivity index (χ3v) is 2.21. The van der Waals surface area contributed by atoms with Crippen molar-refractivity contribution in [3.8, 4) is 5.75 Å². The maximum absolute atomic E-state index is 11.0. The van der Waals surface area contributed by atoms with E-state index in [1.807, 2.05) is 19.1 Å². The van der Waals surface area contributed by atoms with Crippen LogP contribution in [0.4, 0.5) is 0 Å². The number of rotatable bonds is 1. The lowest BCUT2D eigenvalue weighted by Gasteiger charge is -2.02. The second-order valence-corrected chi connectivity index (χ2v) is 3.10. The molecule has 0 saturated heterocycles. The van der Waals surface area contributed by atoms with Crippen LogP contribution < -0.4 is 5.63 Å². The highest BCUT2D eigenvalue weighted by Crippen LogP contribution is 2.24. The molecule has 1 aromatic carbocycles. The minimum absolute atomic E-state index is 0.0217. The Bertz CT molecular complexity index is 526. The molecule has 1 aromatic heterocycles. The molecular formula is C11H10O3. The van der Waals surface area contributed by atoms with Gasteiger partial charge in [-0.1, -0.05) is 19.1 Å². The smallest absolute Gasteiger partial charge is 0.339 e. The Labute approximate surface area is 80.6 Å². The van der Waals surface area contributed by atoms with E-state index in [0.717, 1.165) is 18.1 Å². The van der Waals surface area contributed by atoms with Gasteiger partial charge >= 0.3 is 5.63 Å². The number of hydrogen-bond donors (Lipinski definition) is 1. The lowest BCUT2D eigenvalue weighted by molar-refractivity contribution is 0.467. The topological polar surface area (TPSA) is 50.4 Å². The third-order valence-electron chi connectivity index (χ3n) is 2.21. The van der Waals surface area contributed by atoms with Gasteiger partial charge in [-0.15, -0.1) is 0 Å². The average molecular weight is 190 g/mol. The third kappa shape index (κ3) is 1.27. The van der Waals surface area contributed by atoms with Crippen molar-refractivity contribution in [2.45, 2.75) is 13.3 Å². The number of benzene rings is 1. The molecule has 1 heterocycles. The lowest BCUT2D eigenvalue weighted by Crippen LogP contribution is -1.97. The van der Waals surface area contributed by atoms with Gasteiger partial charge in [0.05, 0.1) is 11.5 Å². The molecule has 3 nitrogen and oxygen atoms in total. The van der Waals surface area contributed by atoms with Crippen molar-refractivity contribution in [2.24, 2.45) is 0 Å². The quantitative estimate of drug-likeness (QED) is 0.700. The standard InChI is InChI=1S/C11H10O3/c1-2-7-4-3-5-8-9(12)6-10(13)14-11(7)8/h3-6,12H,2H2,1H3. The predicted molar refractivity (Wildman–Crippen MR) is 53.5 cm³/mol. The van der Waals surface area contributed by atoms with Gasteiger partial charge in [0.2, 0.25) is 0 Å². The number of hydrogen-bond acceptors (Lipinski definition) is 3. The van der Waals surface area contributed by atoms with Gasteiger partial charge in [-0.3, -0.25) is 0 Å². The summed E-state index contributed by atoms with van der Waals surface area (Å²) in [4.78, 5) is 11.0. The number of aryl methyl sites for hydroxylation is 1. The number of fused-ring (bicyclic) bond motifs is 1. The van der Waals surface area contributed by atoms with Crippen LogP contribution in [0.5, 0.6) is 5.75 Å². The van der Waals surface area contributed by atoms with Gasteiger partial charge in [-0.05, 0) is 18.1 Å². The highest BCUT2D eigenvalue weighted by molar-refractivity contribution is 5.85. The first-order chi connectivity index (χ1) is 6.72. The fourth-order valence-electron chi connectivity index (χ4n) is 1.50. The predicted octanol–water partition coefficient (Wildman–Crippen LogP) is 2.06. The van der Waals surface area contributed by atoms with Crippen LogP contribution in [0, 0.1) is 0 Å². The highest BCUT2D eigenvalue weighted by Gasteiger charge is 2.06. The van der Waals surface area contributed by atoms with Crippen LogP contribution in [-0.2, 0) is 6.42 Å². The zero-order valence-corrected chi connectivity index (χ0v) is 7.78. The van der Waals surface area contributed by atoms with Crippen molar-refractivity contribution in [3.05, 3.63) is 40.2 Å². The van der Waals surface area contributed by atoms with Gasteiger partial charge in [-0.25, -0.2) is 4.79 Å². The van der Waals surface area contributed by atoms with Crippen molar-refractivity contribution >= 4 is 11.0 Å². The van der Waals surface area contributed by atoms with Gasteiger partial charge in [-0.2, -0.15) is 0 Å². The zero-order valence-electron chi connectivity index (χ0n) is 7.78. The van der Waals surface area contributed by atoms with Crippen molar-refractivity contribution in [1.82, 2.24) is 0 Å². The summed E-state index contributed by atoms with van der Waals surface area (Å²) in [7, 11) is 0. The van der Waals surface area contributed by atoms with Crippen molar-refractivity contribution in [3.63, 3.8) is 0 Å². The second-order valence-electron chi connectivity index (χ2n) is 3.10. The minimum Gasteiger partial charge on any atom is -0.507 e. The van der Waals surface area contributed by atoms with Crippen LogP contribution in [0.3, 0.4) is 0 Å². The molecule has 0 saturated carbocycles. The summed E-state index contributed by atoms with van der Waals surface area (Å²) in [5, 5.41) is 10.1. The summed E-state index contributed by atoms with van der Waals surface area (Å²) in [5.41, 5.74) is 0.895. The van der Waals surface area contributed by atoms with Gasteiger partial charge in [0.25, 0.3) is 0 Å². The Morgan fingerprint density at radius 1 is 1.43 bits per heavy atom. The van der Waals surface area contributed by atoms with Crippen LogP contribution in [-0.4, -0.2) is 5.11 Å². The first kappa shape index (κ1) is 8.81. The summed E-state index contributed by atoms with van der Waals surface area (Å²) >= 11 is 0. The van der Waals surface area contributed by atoms with E-state index in [9.17, 15) is 9.90 Å². The number of para-hydroxylation sites is 1. The molecule has 0 aliphatic heterocycles. The van der Waals surface area contributed by atoms with E-state index in [0.29, 0.717) is 11.0 Å². The van der Waals surface area contributed by atoms with Gasteiger partial charge in [0.1, 0.15) is 11.3 Å². The molecule has 72 valence electrons. The molecule has 2 rings (SSSR count).